The summed E-state index contributed by atoms with van der Waals surface area (Å²) < 4.78 is 27.3. The van der Waals surface area contributed by atoms with Crippen molar-refractivity contribution in [3.05, 3.63) is 41.2 Å². The molecule has 1 aromatic carbocycles. The van der Waals surface area contributed by atoms with Gasteiger partial charge in [0.2, 0.25) is 5.69 Å². The zero-order valence-electron chi connectivity index (χ0n) is 12.4. The minimum absolute atomic E-state index is 0.184. The maximum atomic E-state index is 13.7. The zero-order chi connectivity index (χ0) is 17.9. The minimum Gasteiger partial charge on any atom is -0.481 e. The van der Waals surface area contributed by atoms with Gasteiger partial charge in [-0.15, -0.1) is 15.0 Å². The third-order valence-electron chi connectivity index (χ3n) is 2.94. The fourth-order valence-corrected chi connectivity index (χ4v) is 1.76. The van der Waals surface area contributed by atoms with Crippen LogP contribution in [0.1, 0.15) is 33.7 Å². The van der Waals surface area contributed by atoms with Gasteiger partial charge in [-0.1, -0.05) is 6.07 Å². The Hall–Kier alpha value is -3.17. The normalized spacial score (nSPS) is 10.5. The van der Waals surface area contributed by atoms with E-state index in [2.05, 4.69) is 15.5 Å². The highest BCUT2D eigenvalue weighted by Crippen LogP contribution is 2.16. The standard InChI is InChI=1S/C14H12F2N4O4/c1-7-2-3-9(8(15)6-7)17-14(24)12-13(16)19-20(18-12)10(21)4-5-11(22)23/h2-3,6H,4-5H2,1H3,(H,17,24)(H,22,23). The van der Waals surface area contributed by atoms with Crippen molar-refractivity contribution in [3.8, 4) is 0 Å². The number of rotatable bonds is 5. The quantitative estimate of drug-likeness (QED) is 0.856. The summed E-state index contributed by atoms with van der Waals surface area (Å²) in [5, 5.41) is 17.1. The van der Waals surface area contributed by atoms with Crippen molar-refractivity contribution in [1.82, 2.24) is 15.0 Å². The van der Waals surface area contributed by atoms with Crippen LogP contribution in [0, 0.1) is 18.7 Å². The van der Waals surface area contributed by atoms with E-state index in [9.17, 15) is 23.2 Å². The van der Waals surface area contributed by atoms with Gasteiger partial charge in [0.15, 0.2) is 0 Å². The molecule has 0 radical (unpaired) electrons. The lowest BCUT2D eigenvalue weighted by molar-refractivity contribution is -0.137. The number of hydrogen-bond acceptors (Lipinski definition) is 5. The Bertz CT molecular complexity index is 819. The summed E-state index contributed by atoms with van der Waals surface area (Å²) in [6.45, 7) is 1.66. The molecule has 0 aliphatic carbocycles. The van der Waals surface area contributed by atoms with Crippen LogP contribution < -0.4 is 5.32 Å². The van der Waals surface area contributed by atoms with Crippen molar-refractivity contribution in [2.75, 3.05) is 5.32 Å². The molecule has 0 bridgehead atoms. The molecule has 0 atom stereocenters. The molecule has 0 saturated heterocycles. The van der Waals surface area contributed by atoms with Crippen LogP contribution in [-0.4, -0.2) is 37.9 Å². The summed E-state index contributed by atoms with van der Waals surface area (Å²) in [5.41, 5.74) is -0.359. The topological polar surface area (TPSA) is 114 Å². The summed E-state index contributed by atoms with van der Waals surface area (Å²) in [4.78, 5) is 34.2. The van der Waals surface area contributed by atoms with E-state index in [-0.39, 0.29) is 5.69 Å². The summed E-state index contributed by atoms with van der Waals surface area (Å²) in [6.07, 6.45) is -0.949. The molecule has 0 fully saturated rings. The van der Waals surface area contributed by atoms with Crippen molar-refractivity contribution in [2.45, 2.75) is 19.8 Å². The van der Waals surface area contributed by atoms with Crippen LogP contribution in [0.5, 0.6) is 0 Å². The number of carboxylic acid groups (broad SMARTS) is 1. The van der Waals surface area contributed by atoms with Gasteiger partial charge < -0.3 is 10.4 Å². The predicted molar refractivity (Wildman–Crippen MR) is 76.6 cm³/mol. The molecule has 1 aromatic heterocycles. The molecule has 0 aliphatic heterocycles. The van der Waals surface area contributed by atoms with Crippen molar-refractivity contribution < 1.29 is 28.3 Å². The highest BCUT2D eigenvalue weighted by molar-refractivity contribution is 6.03. The van der Waals surface area contributed by atoms with E-state index >= 15 is 0 Å². The fraction of sp³-hybridized carbons (Fsp3) is 0.214. The maximum absolute atomic E-state index is 13.7. The van der Waals surface area contributed by atoms with Crippen LogP contribution in [0.2, 0.25) is 0 Å². The second kappa shape index (κ2) is 6.94. The first-order valence-corrected chi connectivity index (χ1v) is 6.73. The summed E-state index contributed by atoms with van der Waals surface area (Å²) in [6, 6.07) is 4.02. The van der Waals surface area contributed by atoms with Crippen molar-refractivity contribution in [1.29, 1.82) is 0 Å². The number of benzene rings is 1. The monoisotopic (exact) mass is 338 g/mol. The van der Waals surface area contributed by atoms with Gasteiger partial charge in [0.25, 0.3) is 17.8 Å². The molecule has 2 rings (SSSR count). The Morgan fingerprint density at radius 2 is 1.92 bits per heavy atom. The SMILES string of the molecule is Cc1ccc(NC(=O)c2nn(C(=O)CCC(=O)O)nc2F)c(F)c1. The summed E-state index contributed by atoms with van der Waals surface area (Å²) in [5.74, 6) is -5.24. The van der Waals surface area contributed by atoms with E-state index in [1.54, 1.807) is 13.0 Å². The van der Waals surface area contributed by atoms with Gasteiger partial charge in [-0.25, -0.2) is 4.39 Å². The molecule has 1 heterocycles. The Morgan fingerprint density at radius 3 is 2.54 bits per heavy atom. The first-order chi connectivity index (χ1) is 11.3. The molecular weight excluding hydrogens is 326 g/mol. The van der Waals surface area contributed by atoms with Crippen LogP contribution in [0.4, 0.5) is 14.5 Å². The molecule has 2 N–H and O–H groups in total. The van der Waals surface area contributed by atoms with E-state index in [0.29, 0.717) is 10.4 Å². The van der Waals surface area contributed by atoms with Crippen LogP contribution >= 0.6 is 0 Å². The van der Waals surface area contributed by atoms with E-state index in [0.717, 1.165) is 0 Å². The van der Waals surface area contributed by atoms with Gasteiger partial charge in [0, 0.05) is 6.42 Å². The lowest BCUT2D eigenvalue weighted by Gasteiger charge is -2.05. The number of anilines is 1. The van der Waals surface area contributed by atoms with Crippen molar-refractivity contribution in [2.24, 2.45) is 0 Å². The van der Waals surface area contributed by atoms with Crippen LogP contribution in [0.25, 0.3) is 0 Å². The lowest BCUT2D eigenvalue weighted by atomic mass is 10.2. The third kappa shape index (κ3) is 3.97. The highest BCUT2D eigenvalue weighted by atomic mass is 19.1. The van der Waals surface area contributed by atoms with E-state index in [4.69, 9.17) is 5.11 Å². The Labute approximate surface area is 134 Å². The number of aliphatic carboxylic acids is 1. The molecule has 126 valence electrons. The number of halogens is 2. The van der Waals surface area contributed by atoms with Gasteiger partial charge >= 0.3 is 5.97 Å². The highest BCUT2D eigenvalue weighted by Gasteiger charge is 2.22. The van der Waals surface area contributed by atoms with E-state index in [1.807, 2.05) is 0 Å². The fourth-order valence-electron chi connectivity index (χ4n) is 1.76. The van der Waals surface area contributed by atoms with Crippen LogP contribution in [0.3, 0.4) is 0 Å². The number of aromatic nitrogens is 3. The smallest absolute Gasteiger partial charge is 0.303 e. The predicted octanol–water partition coefficient (Wildman–Crippen LogP) is 1.62. The van der Waals surface area contributed by atoms with Crippen LogP contribution in [-0.2, 0) is 4.79 Å². The van der Waals surface area contributed by atoms with Gasteiger partial charge in [-0.2, -0.15) is 4.39 Å². The number of amides is 1. The third-order valence-corrected chi connectivity index (χ3v) is 2.94. The number of nitrogens with one attached hydrogen (secondary N) is 1. The Kier molecular flexibility index (Phi) is 4.97. The molecule has 2 aromatic rings. The molecule has 24 heavy (non-hydrogen) atoms. The molecule has 1 amide bonds. The first kappa shape index (κ1) is 17.2. The van der Waals surface area contributed by atoms with Gasteiger partial charge in [-0.05, 0) is 24.6 Å². The summed E-state index contributed by atoms with van der Waals surface area (Å²) >= 11 is 0. The molecule has 0 saturated carbocycles. The minimum atomic E-state index is -1.33. The van der Waals surface area contributed by atoms with Crippen LogP contribution in [0.15, 0.2) is 18.2 Å². The van der Waals surface area contributed by atoms with Gasteiger partial charge in [0.05, 0.1) is 12.1 Å². The molecule has 0 aliphatic rings. The average Bonchev–Trinajstić information content (AvgIpc) is 2.89. The van der Waals surface area contributed by atoms with E-state index in [1.165, 1.54) is 12.1 Å². The number of carbonyl (C=O) groups is 3. The van der Waals surface area contributed by atoms with Gasteiger partial charge in [-0.3, -0.25) is 14.4 Å². The number of aryl methyl sites for hydroxylation is 1. The largest absolute Gasteiger partial charge is 0.481 e. The number of nitrogens with zero attached hydrogens (tertiary/aromatic N) is 3. The molecular formula is C14H12F2N4O4. The average molecular weight is 338 g/mol. The Balaban J connectivity index is 2.15. The molecule has 8 nitrogen and oxygen atoms in total. The molecule has 0 spiro atoms. The zero-order valence-corrected chi connectivity index (χ0v) is 12.4. The summed E-state index contributed by atoms with van der Waals surface area (Å²) in [7, 11) is 0. The first-order valence-electron chi connectivity index (χ1n) is 6.73. The second-order valence-corrected chi connectivity index (χ2v) is 4.85. The molecule has 0 unspecified atom stereocenters. The lowest BCUT2D eigenvalue weighted by Crippen LogP contribution is -2.18. The number of carbonyl (C=O) groups excluding carboxylic acids is 2. The van der Waals surface area contributed by atoms with Gasteiger partial charge in [0.1, 0.15) is 5.82 Å². The second-order valence-electron chi connectivity index (χ2n) is 4.85. The maximum Gasteiger partial charge on any atom is 0.303 e. The van der Waals surface area contributed by atoms with Crippen molar-refractivity contribution in [3.63, 3.8) is 0 Å². The molecule has 10 heteroatoms. The Morgan fingerprint density at radius 1 is 1.21 bits per heavy atom. The number of hydrogen-bond donors (Lipinski definition) is 2. The van der Waals surface area contributed by atoms with Crippen molar-refractivity contribution >= 4 is 23.5 Å². The number of carboxylic acids is 1. The van der Waals surface area contributed by atoms with E-state index < -0.39 is 48.1 Å².